The molecule has 1 amide bonds. The first-order valence-corrected chi connectivity index (χ1v) is 8.87. The smallest absolute Gasteiger partial charge is 0.228 e. The fourth-order valence-electron chi connectivity index (χ4n) is 3.14. The van der Waals surface area contributed by atoms with Gasteiger partial charge in [0.1, 0.15) is 5.82 Å². The van der Waals surface area contributed by atoms with E-state index in [1.54, 1.807) is 0 Å². The number of carbonyl (C=O) groups excluding carboxylic acids is 1. The van der Waals surface area contributed by atoms with Crippen LogP contribution in [0, 0.1) is 19.8 Å². The number of carbonyl (C=O) groups is 1. The highest BCUT2D eigenvalue weighted by molar-refractivity contribution is 5.96. The minimum Gasteiger partial charge on any atom is -0.310 e. The molecule has 0 radical (unpaired) electrons. The first-order chi connectivity index (χ1) is 12.5. The second-order valence-electron chi connectivity index (χ2n) is 6.93. The van der Waals surface area contributed by atoms with E-state index in [1.165, 1.54) is 5.56 Å². The molecule has 1 aromatic carbocycles. The van der Waals surface area contributed by atoms with E-state index in [9.17, 15) is 4.79 Å². The van der Waals surface area contributed by atoms with Gasteiger partial charge in [0, 0.05) is 34.1 Å². The Labute approximate surface area is 153 Å². The van der Waals surface area contributed by atoms with E-state index < -0.39 is 0 Å². The van der Waals surface area contributed by atoms with Crippen LogP contribution in [0.25, 0.3) is 28.1 Å². The predicted molar refractivity (Wildman–Crippen MR) is 106 cm³/mol. The van der Waals surface area contributed by atoms with Gasteiger partial charge < -0.3 is 5.32 Å². The maximum absolute atomic E-state index is 12.0. The van der Waals surface area contributed by atoms with Gasteiger partial charge >= 0.3 is 0 Å². The standard InChI is InChI=1S/C22H21N3O/c1-4-15-6-5-13(2)18(9-15)20-10-17-12-23-21(11-19(17)14(3)24-20)25-22(26)16-7-8-16/h4-6,9-12,16H,1,7-8H2,2-3H3,(H,23,25,26). The molecule has 0 unspecified atom stereocenters. The maximum Gasteiger partial charge on any atom is 0.228 e. The third kappa shape index (κ3) is 3.10. The molecular formula is C22H21N3O. The van der Waals surface area contributed by atoms with Gasteiger partial charge in [0.25, 0.3) is 0 Å². The molecule has 26 heavy (non-hydrogen) atoms. The van der Waals surface area contributed by atoms with Crippen LogP contribution in [0.5, 0.6) is 0 Å². The molecule has 1 fully saturated rings. The highest BCUT2D eigenvalue weighted by atomic mass is 16.2. The van der Waals surface area contributed by atoms with Crippen LogP contribution in [0.3, 0.4) is 0 Å². The fraction of sp³-hybridized carbons (Fsp3) is 0.227. The quantitative estimate of drug-likeness (QED) is 0.732. The van der Waals surface area contributed by atoms with Crippen LogP contribution in [0.15, 0.2) is 43.1 Å². The van der Waals surface area contributed by atoms with Crippen LogP contribution in [0.4, 0.5) is 5.82 Å². The summed E-state index contributed by atoms with van der Waals surface area (Å²) in [6.07, 6.45) is 5.61. The van der Waals surface area contributed by atoms with Gasteiger partial charge in [-0.05, 0) is 56.0 Å². The average molecular weight is 343 g/mol. The molecule has 0 spiro atoms. The molecule has 1 aliphatic rings. The normalized spacial score (nSPS) is 13.6. The molecule has 2 heterocycles. The zero-order valence-corrected chi connectivity index (χ0v) is 15.0. The van der Waals surface area contributed by atoms with Crippen molar-refractivity contribution in [3.63, 3.8) is 0 Å². The number of hydrogen-bond donors (Lipinski definition) is 1. The van der Waals surface area contributed by atoms with Crippen molar-refractivity contribution in [1.82, 2.24) is 9.97 Å². The highest BCUT2D eigenvalue weighted by Crippen LogP contribution is 2.31. The summed E-state index contributed by atoms with van der Waals surface area (Å²) in [6, 6.07) is 10.2. The van der Waals surface area contributed by atoms with Crippen LogP contribution >= 0.6 is 0 Å². The third-order valence-electron chi connectivity index (χ3n) is 4.88. The number of nitrogens with one attached hydrogen (secondary N) is 1. The summed E-state index contributed by atoms with van der Waals surface area (Å²) < 4.78 is 0. The summed E-state index contributed by atoms with van der Waals surface area (Å²) >= 11 is 0. The Hall–Kier alpha value is -3.01. The number of fused-ring (bicyclic) bond motifs is 1. The topological polar surface area (TPSA) is 54.9 Å². The van der Waals surface area contributed by atoms with E-state index in [0.29, 0.717) is 5.82 Å². The molecule has 1 N–H and O–H groups in total. The first-order valence-electron chi connectivity index (χ1n) is 8.87. The van der Waals surface area contributed by atoms with Crippen LogP contribution in [-0.4, -0.2) is 15.9 Å². The second-order valence-corrected chi connectivity index (χ2v) is 6.93. The summed E-state index contributed by atoms with van der Waals surface area (Å²) in [5, 5.41) is 4.93. The largest absolute Gasteiger partial charge is 0.310 e. The van der Waals surface area contributed by atoms with Gasteiger partial charge in [-0.25, -0.2) is 4.98 Å². The fourth-order valence-corrected chi connectivity index (χ4v) is 3.14. The lowest BCUT2D eigenvalue weighted by Gasteiger charge is -2.11. The van der Waals surface area contributed by atoms with E-state index in [1.807, 2.05) is 25.3 Å². The van der Waals surface area contributed by atoms with Gasteiger partial charge in [-0.2, -0.15) is 0 Å². The van der Waals surface area contributed by atoms with Gasteiger partial charge in [-0.15, -0.1) is 0 Å². The number of hydrogen-bond acceptors (Lipinski definition) is 3. The number of anilines is 1. The first kappa shape index (κ1) is 16.5. The van der Waals surface area contributed by atoms with Crippen molar-refractivity contribution in [2.24, 2.45) is 5.92 Å². The van der Waals surface area contributed by atoms with E-state index >= 15 is 0 Å². The molecule has 0 aliphatic heterocycles. The maximum atomic E-state index is 12.0. The zero-order chi connectivity index (χ0) is 18.3. The molecule has 3 aromatic rings. The predicted octanol–water partition coefficient (Wildman–Crippen LogP) is 4.91. The molecule has 2 aromatic heterocycles. The van der Waals surface area contributed by atoms with Crippen molar-refractivity contribution in [1.29, 1.82) is 0 Å². The second kappa shape index (κ2) is 6.37. The van der Waals surface area contributed by atoms with Crippen molar-refractivity contribution < 1.29 is 4.79 Å². The molecule has 1 aliphatic carbocycles. The number of aryl methyl sites for hydroxylation is 2. The van der Waals surface area contributed by atoms with Gasteiger partial charge in [0.05, 0.1) is 5.69 Å². The van der Waals surface area contributed by atoms with Crippen molar-refractivity contribution in [2.45, 2.75) is 26.7 Å². The van der Waals surface area contributed by atoms with Crippen molar-refractivity contribution in [3.8, 4) is 11.3 Å². The minimum absolute atomic E-state index is 0.0657. The lowest BCUT2D eigenvalue weighted by molar-refractivity contribution is -0.117. The molecule has 130 valence electrons. The van der Waals surface area contributed by atoms with Crippen molar-refractivity contribution in [2.75, 3.05) is 5.32 Å². The Bertz CT molecular complexity index is 1030. The number of amides is 1. The highest BCUT2D eigenvalue weighted by Gasteiger charge is 2.29. The lowest BCUT2D eigenvalue weighted by atomic mass is 10.00. The van der Waals surface area contributed by atoms with Gasteiger partial charge in [-0.3, -0.25) is 9.78 Å². The average Bonchev–Trinajstić information content (AvgIpc) is 3.48. The summed E-state index contributed by atoms with van der Waals surface area (Å²) in [6.45, 7) is 7.92. The number of rotatable bonds is 4. The Morgan fingerprint density at radius 2 is 2.04 bits per heavy atom. The van der Waals surface area contributed by atoms with E-state index in [2.05, 4.69) is 48.1 Å². The van der Waals surface area contributed by atoms with E-state index in [4.69, 9.17) is 4.98 Å². The monoisotopic (exact) mass is 343 g/mol. The Kier molecular flexibility index (Phi) is 4.03. The number of nitrogens with zero attached hydrogens (tertiary/aromatic N) is 2. The van der Waals surface area contributed by atoms with Crippen LogP contribution in [0.2, 0.25) is 0 Å². The van der Waals surface area contributed by atoms with Crippen LogP contribution in [-0.2, 0) is 4.79 Å². The summed E-state index contributed by atoms with van der Waals surface area (Å²) in [4.78, 5) is 21.2. The Morgan fingerprint density at radius 1 is 1.23 bits per heavy atom. The van der Waals surface area contributed by atoms with Gasteiger partial charge in [-0.1, -0.05) is 24.8 Å². The Morgan fingerprint density at radius 3 is 2.77 bits per heavy atom. The summed E-state index contributed by atoms with van der Waals surface area (Å²) in [5.41, 5.74) is 5.18. The number of pyridine rings is 2. The molecule has 4 heteroatoms. The molecule has 0 atom stereocenters. The third-order valence-corrected chi connectivity index (χ3v) is 4.88. The Balaban J connectivity index is 1.75. The van der Waals surface area contributed by atoms with Crippen LogP contribution < -0.4 is 5.32 Å². The molecular weight excluding hydrogens is 322 g/mol. The zero-order valence-electron chi connectivity index (χ0n) is 15.0. The SMILES string of the molecule is C=Cc1ccc(C)c(-c2cc3cnc(NC(=O)C4CC4)cc3c(C)n2)c1. The molecule has 1 saturated carbocycles. The van der Waals surface area contributed by atoms with Gasteiger partial charge in [0.15, 0.2) is 0 Å². The van der Waals surface area contributed by atoms with Crippen molar-refractivity contribution in [3.05, 3.63) is 59.9 Å². The molecule has 4 nitrogen and oxygen atoms in total. The molecule has 0 bridgehead atoms. The van der Waals surface area contributed by atoms with Crippen LogP contribution in [0.1, 0.15) is 29.7 Å². The molecule has 4 rings (SSSR count). The molecule has 0 saturated heterocycles. The van der Waals surface area contributed by atoms with E-state index in [0.717, 1.165) is 46.1 Å². The minimum atomic E-state index is 0.0657. The van der Waals surface area contributed by atoms with E-state index in [-0.39, 0.29) is 11.8 Å². The lowest BCUT2D eigenvalue weighted by Crippen LogP contribution is -2.14. The number of benzene rings is 1. The number of aromatic nitrogens is 2. The summed E-state index contributed by atoms with van der Waals surface area (Å²) in [7, 11) is 0. The van der Waals surface area contributed by atoms with Gasteiger partial charge in [0.2, 0.25) is 5.91 Å². The van der Waals surface area contributed by atoms with Crippen molar-refractivity contribution >= 4 is 28.6 Å². The summed E-state index contributed by atoms with van der Waals surface area (Å²) in [5.74, 6) is 0.821.